The second kappa shape index (κ2) is 7.61. The number of amides is 2. The van der Waals surface area contributed by atoms with Gasteiger partial charge in [0.1, 0.15) is 5.75 Å². The van der Waals surface area contributed by atoms with Crippen molar-refractivity contribution >= 4 is 17.5 Å². The van der Waals surface area contributed by atoms with E-state index in [1.165, 1.54) is 0 Å². The Kier molecular flexibility index (Phi) is 5.02. The van der Waals surface area contributed by atoms with Gasteiger partial charge in [-0.15, -0.1) is 0 Å². The molecule has 0 saturated carbocycles. The number of hydrogen-bond donors (Lipinski definition) is 0. The molecule has 0 N–H and O–H groups in total. The zero-order chi connectivity index (χ0) is 19.7. The van der Waals surface area contributed by atoms with Crippen LogP contribution in [0, 0.1) is 12.8 Å². The Morgan fingerprint density at radius 1 is 1.29 bits per heavy atom. The van der Waals surface area contributed by atoms with Crippen molar-refractivity contribution in [2.75, 3.05) is 31.6 Å². The Balaban J connectivity index is 1.37. The topological polar surface area (TPSA) is 88.8 Å². The van der Waals surface area contributed by atoms with Gasteiger partial charge in [-0.2, -0.15) is 4.98 Å². The predicted molar refractivity (Wildman–Crippen MR) is 101 cm³/mol. The van der Waals surface area contributed by atoms with Crippen LogP contribution in [-0.2, 0) is 9.59 Å². The van der Waals surface area contributed by atoms with E-state index in [-0.39, 0.29) is 30.1 Å². The summed E-state index contributed by atoms with van der Waals surface area (Å²) in [5, 5.41) is 3.85. The predicted octanol–water partition coefficient (Wildman–Crippen LogP) is 2.15. The summed E-state index contributed by atoms with van der Waals surface area (Å²) in [6, 6.07) is 7.37. The first-order chi connectivity index (χ1) is 13.5. The monoisotopic (exact) mass is 384 g/mol. The first kappa shape index (κ1) is 18.5. The van der Waals surface area contributed by atoms with E-state index >= 15 is 0 Å². The maximum atomic E-state index is 13.0. The second-order valence-electron chi connectivity index (χ2n) is 7.39. The van der Waals surface area contributed by atoms with E-state index < -0.39 is 0 Å². The number of hydrogen-bond acceptors (Lipinski definition) is 6. The summed E-state index contributed by atoms with van der Waals surface area (Å²) in [5.74, 6) is 1.91. The average Bonchev–Trinajstić information content (AvgIpc) is 3.33. The molecule has 3 heterocycles. The zero-order valence-electron chi connectivity index (χ0n) is 16.1. The van der Waals surface area contributed by atoms with Gasteiger partial charge in [-0.25, -0.2) is 0 Å². The number of ether oxygens (including phenoxy) is 1. The van der Waals surface area contributed by atoms with Gasteiger partial charge in [0.15, 0.2) is 5.82 Å². The van der Waals surface area contributed by atoms with E-state index in [1.54, 1.807) is 18.9 Å². The van der Waals surface area contributed by atoms with Gasteiger partial charge in [-0.3, -0.25) is 9.59 Å². The van der Waals surface area contributed by atoms with Gasteiger partial charge in [0.05, 0.1) is 13.0 Å². The fourth-order valence-corrected chi connectivity index (χ4v) is 3.98. The van der Waals surface area contributed by atoms with Gasteiger partial charge in [-0.05, 0) is 31.9 Å². The molecule has 0 aliphatic carbocycles. The van der Waals surface area contributed by atoms with E-state index in [2.05, 4.69) is 10.1 Å². The first-order valence-electron chi connectivity index (χ1n) is 9.58. The summed E-state index contributed by atoms with van der Waals surface area (Å²) >= 11 is 0. The highest BCUT2D eigenvalue weighted by Crippen LogP contribution is 2.31. The first-order valence-corrected chi connectivity index (χ1v) is 9.58. The van der Waals surface area contributed by atoms with Crippen LogP contribution >= 0.6 is 0 Å². The fraction of sp³-hybridized carbons (Fsp3) is 0.500. The maximum Gasteiger partial charge on any atom is 0.229 e. The Morgan fingerprint density at radius 3 is 2.75 bits per heavy atom. The molecule has 2 saturated heterocycles. The normalized spacial score (nSPS) is 20.6. The molecule has 2 aromatic rings. The SMILES string of the molecule is COc1cccc(N2C[C@@H](C(=O)N3CCC(c4nc(C)no4)CC3)CC2=O)c1. The van der Waals surface area contributed by atoms with Crippen molar-refractivity contribution < 1.29 is 18.8 Å². The van der Waals surface area contributed by atoms with Crippen LogP contribution < -0.4 is 9.64 Å². The highest BCUT2D eigenvalue weighted by molar-refractivity contribution is 6.00. The van der Waals surface area contributed by atoms with Crippen molar-refractivity contribution in [2.24, 2.45) is 5.92 Å². The molecule has 2 aliphatic rings. The molecule has 8 heteroatoms. The molecule has 0 spiro atoms. The molecule has 28 heavy (non-hydrogen) atoms. The highest BCUT2D eigenvalue weighted by Gasteiger charge is 2.38. The quantitative estimate of drug-likeness (QED) is 0.802. The molecule has 1 aromatic carbocycles. The van der Waals surface area contributed by atoms with Gasteiger partial charge in [0.2, 0.25) is 17.7 Å². The van der Waals surface area contributed by atoms with Crippen molar-refractivity contribution in [3.05, 3.63) is 36.0 Å². The summed E-state index contributed by atoms with van der Waals surface area (Å²) in [7, 11) is 1.59. The Labute approximate surface area is 163 Å². The Morgan fingerprint density at radius 2 is 2.07 bits per heavy atom. The average molecular weight is 384 g/mol. The number of aryl methyl sites for hydroxylation is 1. The lowest BCUT2D eigenvalue weighted by atomic mass is 9.95. The van der Waals surface area contributed by atoms with Crippen molar-refractivity contribution in [1.82, 2.24) is 15.0 Å². The summed E-state index contributed by atoms with van der Waals surface area (Å²) < 4.78 is 10.5. The maximum absolute atomic E-state index is 13.0. The minimum atomic E-state index is -0.305. The fourth-order valence-electron chi connectivity index (χ4n) is 3.98. The minimum absolute atomic E-state index is 0.0252. The molecule has 2 amide bonds. The second-order valence-corrected chi connectivity index (χ2v) is 7.39. The van der Waals surface area contributed by atoms with Crippen molar-refractivity contribution in [1.29, 1.82) is 0 Å². The third-order valence-electron chi connectivity index (χ3n) is 5.54. The lowest BCUT2D eigenvalue weighted by molar-refractivity contribution is -0.136. The molecule has 0 bridgehead atoms. The van der Waals surface area contributed by atoms with E-state index in [9.17, 15) is 9.59 Å². The van der Waals surface area contributed by atoms with Crippen LogP contribution in [0.3, 0.4) is 0 Å². The number of aromatic nitrogens is 2. The molecule has 0 unspecified atom stereocenters. The summed E-state index contributed by atoms with van der Waals surface area (Å²) in [4.78, 5) is 33.3. The molecular weight excluding hydrogens is 360 g/mol. The number of piperidine rings is 1. The third kappa shape index (κ3) is 3.58. The summed E-state index contributed by atoms with van der Waals surface area (Å²) in [6.45, 7) is 3.51. The van der Waals surface area contributed by atoms with E-state index in [1.807, 2.05) is 29.2 Å². The number of anilines is 1. The largest absolute Gasteiger partial charge is 0.497 e. The zero-order valence-corrected chi connectivity index (χ0v) is 16.1. The molecule has 8 nitrogen and oxygen atoms in total. The highest BCUT2D eigenvalue weighted by atomic mass is 16.5. The molecule has 1 aromatic heterocycles. The van der Waals surface area contributed by atoms with E-state index in [4.69, 9.17) is 9.26 Å². The van der Waals surface area contributed by atoms with Gasteiger partial charge >= 0.3 is 0 Å². The van der Waals surface area contributed by atoms with Crippen LogP contribution in [0.1, 0.15) is 36.9 Å². The smallest absolute Gasteiger partial charge is 0.229 e. The number of benzene rings is 1. The van der Waals surface area contributed by atoms with Crippen molar-refractivity contribution in [2.45, 2.75) is 32.1 Å². The number of nitrogens with zero attached hydrogens (tertiary/aromatic N) is 4. The van der Waals surface area contributed by atoms with Gasteiger partial charge < -0.3 is 19.1 Å². The van der Waals surface area contributed by atoms with Gasteiger partial charge in [0.25, 0.3) is 0 Å². The van der Waals surface area contributed by atoms with Crippen molar-refractivity contribution in [3.63, 3.8) is 0 Å². The number of methoxy groups -OCH3 is 1. The van der Waals surface area contributed by atoms with Crippen LogP contribution in [0.5, 0.6) is 5.75 Å². The van der Waals surface area contributed by atoms with Crippen LogP contribution in [0.4, 0.5) is 5.69 Å². The Hall–Kier alpha value is -2.90. The number of rotatable bonds is 4. The van der Waals surface area contributed by atoms with Gasteiger partial charge in [0, 0.05) is 43.7 Å². The lowest BCUT2D eigenvalue weighted by Crippen LogP contribution is -2.42. The van der Waals surface area contributed by atoms with Crippen LogP contribution in [0.2, 0.25) is 0 Å². The molecule has 2 aliphatic heterocycles. The third-order valence-corrected chi connectivity index (χ3v) is 5.54. The molecule has 2 fully saturated rings. The lowest BCUT2D eigenvalue weighted by Gasteiger charge is -2.32. The standard InChI is InChI=1S/C20H24N4O4/c1-13-21-19(28-22-13)14-6-8-23(9-7-14)20(26)15-10-18(25)24(12-15)16-4-3-5-17(11-16)27-2/h3-5,11,14-15H,6-10,12H2,1-2H3/t15-/m0/s1. The summed E-state index contributed by atoms with van der Waals surface area (Å²) in [6.07, 6.45) is 1.85. The van der Waals surface area contributed by atoms with Crippen molar-refractivity contribution in [3.8, 4) is 5.75 Å². The Bertz CT molecular complexity index is 873. The van der Waals surface area contributed by atoms with E-state index in [0.717, 1.165) is 18.5 Å². The molecule has 1 atom stereocenters. The van der Waals surface area contributed by atoms with Crippen LogP contribution in [0.25, 0.3) is 0 Å². The molecular formula is C20H24N4O4. The van der Waals surface area contributed by atoms with Crippen LogP contribution in [-0.4, -0.2) is 53.6 Å². The molecule has 4 rings (SSSR count). The molecule has 148 valence electrons. The molecule has 0 radical (unpaired) electrons. The van der Waals surface area contributed by atoms with E-state index in [0.29, 0.717) is 37.1 Å². The van der Waals surface area contributed by atoms with Gasteiger partial charge in [-0.1, -0.05) is 11.2 Å². The van der Waals surface area contributed by atoms with Crippen LogP contribution in [0.15, 0.2) is 28.8 Å². The summed E-state index contributed by atoms with van der Waals surface area (Å²) in [5.41, 5.74) is 0.769. The number of carbonyl (C=O) groups is 2. The number of likely N-dealkylation sites (tertiary alicyclic amines) is 1. The minimum Gasteiger partial charge on any atom is -0.497 e. The number of carbonyl (C=O) groups excluding carboxylic acids is 2.